The molecule has 2 aliphatic heterocycles. The van der Waals surface area contributed by atoms with Gasteiger partial charge >= 0.3 is 0 Å². The monoisotopic (exact) mass is 420 g/mol. The molecule has 1 aromatic carbocycles. The highest BCUT2D eigenvalue weighted by Gasteiger charge is 2.35. The van der Waals surface area contributed by atoms with Gasteiger partial charge in [-0.1, -0.05) is 17.8 Å². The van der Waals surface area contributed by atoms with Crippen LogP contribution < -0.4 is 21.3 Å². The van der Waals surface area contributed by atoms with E-state index in [-0.39, 0.29) is 11.6 Å². The molecule has 6 nitrogen and oxygen atoms in total. The minimum atomic E-state index is -0.626. The van der Waals surface area contributed by atoms with Crippen LogP contribution in [0.25, 0.3) is 0 Å². The van der Waals surface area contributed by atoms with Gasteiger partial charge in [0.1, 0.15) is 22.7 Å². The lowest BCUT2D eigenvalue weighted by atomic mass is 10.1. The molecule has 1 unspecified atom stereocenters. The molecule has 0 bridgehead atoms. The van der Waals surface area contributed by atoms with E-state index in [1.54, 1.807) is 12.4 Å². The Bertz CT molecular complexity index is 894. The normalized spacial score (nSPS) is 22.7. The Kier molecular flexibility index (Phi) is 5.69. The van der Waals surface area contributed by atoms with E-state index in [0.717, 1.165) is 43.9 Å². The van der Waals surface area contributed by atoms with Gasteiger partial charge in [0.05, 0.1) is 16.8 Å². The summed E-state index contributed by atoms with van der Waals surface area (Å²) in [7, 11) is 0. The predicted molar refractivity (Wildman–Crippen MR) is 113 cm³/mol. The van der Waals surface area contributed by atoms with Gasteiger partial charge in [-0.3, -0.25) is 0 Å². The summed E-state index contributed by atoms with van der Waals surface area (Å²) in [5.74, 6) is -0.226. The van der Waals surface area contributed by atoms with Crippen molar-refractivity contribution in [1.29, 1.82) is 0 Å². The van der Waals surface area contributed by atoms with E-state index in [4.69, 9.17) is 11.5 Å². The van der Waals surface area contributed by atoms with E-state index in [1.165, 1.54) is 30.0 Å². The Morgan fingerprint density at radius 3 is 2.69 bits per heavy atom. The lowest BCUT2D eigenvalue weighted by Gasteiger charge is -2.30. The molecule has 9 heteroatoms. The SMILES string of the molecule is CCn1ncc(N2C=C(N)S[C@@H]2c2c(F)cccc2F)c1N1CCCC(N)CC1. The number of aromatic nitrogens is 2. The number of hydrogen-bond donors (Lipinski definition) is 2. The summed E-state index contributed by atoms with van der Waals surface area (Å²) >= 11 is 1.24. The molecule has 2 aliphatic rings. The molecule has 1 aromatic heterocycles. The van der Waals surface area contributed by atoms with Crippen molar-refractivity contribution in [1.82, 2.24) is 9.78 Å². The molecule has 4 N–H and O–H groups in total. The van der Waals surface area contributed by atoms with E-state index < -0.39 is 17.0 Å². The first-order valence-electron chi connectivity index (χ1n) is 9.92. The number of benzene rings is 1. The van der Waals surface area contributed by atoms with Crippen LogP contribution in [0.3, 0.4) is 0 Å². The third kappa shape index (κ3) is 3.81. The Hall–Kier alpha value is -2.26. The lowest BCUT2D eigenvalue weighted by Crippen LogP contribution is -2.30. The summed E-state index contributed by atoms with van der Waals surface area (Å²) in [5, 5.41) is 4.42. The Morgan fingerprint density at radius 2 is 1.97 bits per heavy atom. The molecular weight excluding hydrogens is 394 g/mol. The summed E-state index contributed by atoms with van der Waals surface area (Å²) in [6.07, 6.45) is 6.37. The molecule has 1 saturated heterocycles. The van der Waals surface area contributed by atoms with Gasteiger partial charge in [-0.15, -0.1) is 0 Å². The predicted octanol–water partition coefficient (Wildman–Crippen LogP) is 3.51. The fourth-order valence-electron chi connectivity index (χ4n) is 4.00. The molecule has 1 fully saturated rings. The Balaban J connectivity index is 1.76. The summed E-state index contributed by atoms with van der Waals surface area (Å²) in [5.41, 5.74) is 13.0. The third-order valence-corrected chi connectivity index (χ3v) is 6.52. The maximum Gasteiger partial charge on any atom is 0.151 e. The van der Waals surface area contributed by atoms with Gasteiger partial charge in [-0.2, -0.15) is 5.10 Å². The first kappa shape index (κ1) is 20.0. The number of aryl methyl sites for hydroxylation is 1. The highest BCUT2D eigenvalue weighted by atomic mass is 32.2. The number of thioether (sulfide) groups is 1. The molecule has 156 valence electrons. The van der Waals surface area contributed by atoms with Gasteiger partial charge in [0.25, 0.3) is 0 Å². The molecular formula is C20H26F2N6S. The van der Waals surface area contributed by atoms with Crippen molar-refractivity contribution in [3.8, 4) is 0 Å². The first-order chi connectivity index (χ1) is 14.0. The van der Waals surface area contributed by atoms with E-state index in [1.807, 2.05) is 16.5 Å². The number of anilines is 2. The largest absolute Gasteiger partial charge is 0.392 e. The molecule has 4 rings (SSSR count). The topological polar surface area (TPSA) is 76.3 Å². The van der Waals surface area contributed by atoms with Crippen molar-refractivity contribution in [2.24, 2.45) is 11.5 Å². The van der Waals surface area contributed by atoms with Crippen LogP contribution in [0, 0.1) is 11.6 Å². The smallest absolute Gasteiger partial charge is 0.151 e. The van der Waals surface area contributed by atoms with Crippen LogP contribution in [0.4, 0.5) is 20.3 Å². The molecule has 3 heterocycles. The number of halogens is 2. The molecule has 0 amide bonds. The van der Waals surface area contributed by atoms with E-state index in [2.05, 4.69) is 10.00 Å². The summed E-state index contributed by atoms with van der Waals surface area (Å²) in [6.45, 7) is 4.40. The van der Waals surface area contributed by atoms with Gasteiger partial charge in [0, 0.05) is 31.9 Å². The van der Waals surface area contributed by atoms with Crippen molar-refractivity contribution in [2.45, 2.75) is 44.1 Å². The van der Waals surface area contributed by atoms with Crippen LogP contribution in [0.2, 0.25) is 0 Å². The zero-order chi connectivity index (χ0) is 20.5. The first-order valence-corrected chi connectivity index (χ1v) is 10.8. The highest BCUT2D eigenvalue weighted by molar-refractivity contribution is 8.03. The average Bonchev–Trinajstić information content (AvgIpc) is 3.20. The minimum absolute atomic E-state index is 0.00212. The maximum absolute atomic E-state index is 14.6. The van der Waals surface area contributed by atoms with Crippen LogP contribution in [-0.2, 0) is 6.54 Å². The minimum Gasteiger partial charge on any atom is -0.392 e. The van der Waals surface area contributed by atoms with Crippen LogP contribution in [-0.4, -0.2) is 28.9 Å². The van der Waals surface area contributed by atoms with E-state index >= 15 is 0 Å². The number of hydrogen-bond acceptors (Lipinski definition) is 6. The second-order valence-electron chi connectivity index (χ2n) is 7.39. The van der Waals surface area contributed by atoms with E-state index in [9.17, 15) is 8.78 Å². The zero-order valence-corrected chi connectivity index (χ0v) is 17.2. The molecule has 2 atom stereocenters. The van der Waals surface area contributed by atoms with Crippen LogP contribution in [0.5, 0.6) is 0 Å². The molecule has 0 radical (unpaired) electrons. The van der Waals surface area contributed by atoms with E-state index in [0.29, 0.717) is 11.6 Å². The van der Waals surface area contributed by atoms with Crippen LogP contribution >= 0.6 is 11.8 Å². The molecule has 0 aliphatic carbocycles. The Morgan fingerprint density at radius 1 is 1.21 bits per heavy atom. The summed E-state index contributed by atoms with van der Waals surface area (Å²) < 4.78 is 31.0. The van der Waals surface area contributed by atoms with Crippen LogP contribution in [0.1, 0.15) is 37.1 Å². The standard InChI is InChI=1S/C20H26F2N6S/c1-2-28-19(26-9-4-5-13(23)8-10-26)16(11-25-28)27-12-17(24)29-20(27)18-14(21)6-3-7-15(18)22/h3,6-7,11-13,20H,2,4-5,8-10,23-24H2,1H3/t13?,20-/m1/s1. The molecule has 29 heavy (non-hydrogen) atoms. The van der Waals surface area contributed by atoms with Crippen LogP contribution in [0.15, 0.2) is 35.6 Å². The maximum atomic E-state index is 14.6. The van der Waals surface area contributed by atoms with Gasteiger partial charge < -0.3 is 21.3 Å². The molecule has 2 aromatic rings. The second-order valence-corrected chi connectivity index (χ2v) is 8.55. The molecule has 0 saturated carbocycles. The fourth-order valence-corrected chi connectivity index (χ4v) is 5.07. The zero-order valence-electron chi connectivity index (χ0n) is 16.4. The van der Waals surface area contributed by atoms with Crippen molar-refractivity contribution >= 4 is 23.3 Å². The van der Waals surface area contributed by atoms with Gasteiger partial charge in [-0.25, -0.2) is 13.5 Å². The van der Waals surface area contributed by atoms with Crippen molar-refractivity contribution in [3.05, 3.63) is 52.8 Å². The second kappa shape index (κ2) is 8.23. The third-order valence-electron chi connectivity index (χ3n) is 5.46. The van der Waals surface area contributed by atoms with Crippen molar-refractivity contribution in [3.63, 3.8) is 0 Å². The van der Waals surface area contributed by atoms with Gasteiger partial charge in [0.2, 0.25) is 0 Å². The van der Waals surface area contributed by atoms with Crippen molar-refractivity contribution < 1.29 is 8.78 Å². The van der Waals surface area contributed by atoms with Gasteiger partial charge in [0.15, 0.2) is 5.82 Å². The van der Waals surface area contributed by atoms with Gasteiger partial charge in [-0.05, 0) is 38.3 Å². The number of nitrogens with two attached hydrogens (primary N) is 2. The quantitative estimate of drug-likeness (QED) is 0.788. The summed E-state index contributed by atoms with van der Waals surface area (Å²) in [4.78, 5) is 4.11. The summed E-state index contributed by atoms with van der Waals surface area (Å²) in [6, 6.07) is 4.12. The number of rotatable bonds is 4. The molecule has 0 spiro atoms. The fraction of sp³-hybridized carbons (Fsp3) is 0.450. The Labute approximate surface area is 173 Å². The highest BCUT2D eigenvalue weighted by Crippen LogP contribution is 2.48. The van der Waals surface area contributed by atoms with Crippen molar-refractivity contribution in [2.75, 3.05) is 22.9 Å². The average molecular weight is 421 g/mol. The lowest BCUT2D eigenvalue weighted by molar-refractivity contribution is 0.553. The number of nitrogens with zero attached hydrogens (tertiary/aromatic N) is 4.